The molecule has 1 aliphatic carbocycles. The maximum Gasteiger partial charge on any atom is 0.264 e. The average Bonchev–Trinajstić information content (AvgIpc) is 1.20. The summed E-state index contributed by atoms with van der Waals surface area (Å²) >= 11 is 2.01. The highest BCUT2D eigenvalue weighted by atomic mass is 32.1. The predicted molar refractivity (Wildman–Crippen MR) is 402 cm³/mol. The third kappa shape index (κ3) is 9.89. The molecule has 0 saturated heterocycles. The second-order valence-corrected chi connectivity index (χ2v) is 36.0. The molecule has 15 rings (SSSR count). The molecule has 10 aromatic carbocycles. The SMILES string of the molecule is CC(C)c1ccc([Si](c2cc3c4c(c2)N(c2cccc5c2oc2ccccc25)c2cc(N(c5ccc(C(C)(C)C)cc5)c5ccccc5-c5ccccc5)ccc2B4c2sc4ccc(C5CCCCC5)cc4c2N3c2ccc(C(C)(C)C)cc2)(C(C)C)C(C)C)cc1. The molecule has 3 aliphatic rings. The molecule has 4 heterocycles. The van der Waals surface area contributed by atoms with Crippen molar-refractivity contribution in [1.29, 1.82) is 0 Å². The summed E-state index contributed by atoms with van der Waals surface area (Å²) in [6.45, 7) is 28.6. The minimum atomic E-state index is -2.75. The van der Waals surface area contributed by atoms with Crippen molar-refractivity contribution >= 4 is 135 Å². The zero-order chi connectivity index (χ0) is 63.5. The van der Waals surface area contributed by atoms with E-state index in [2.05, 4.69) is 316 Å². The third-order valence-electron chi connectivity index (χ3n) is 21.2. The van der Waals surface area contributed by atoms with Crippen LogP contribution in [0.15, 0.2) is 223 Å². The number of para-hydroxylation sites is 3. The standard InChI is InChI=1S/C85H86BN3OSSi/c1-54(2)57-34-46-66(47-35-57)92(55(3)4,56(5)6)67-52-76-80-77(53-67)89(74-32-23-30-70-69-29-20-22-33-78(69)90-82(70)74)75-51-65(87(63-41-37-61(38-42-63)84(7,8)9)73-31-21-19-28-68(73)59-26-17-14-18-27-59)45-48-72(75)86(80)83-81(88(76)64-43-39-62(40-44-64)85(10,11)12)71-50-60(36-49-79(71)91-83)58-24-15-13-16-25-58/h14,17-23,26-56,58H,13,15-16,24-25H2,1-12H3. The largest absolute Gasteiger partial charge is 0.454 e. The molecule has 2 aliphatic heterocycles. The first-order chi connectivity index (χ1) is 44.4. The molecule has 0 radical (unpaired) electrons. The number of furan rings is 1. The van der Waals surface area contributed by atoms with E-state index in [0.717, 1.165) is 50.4 Å². The van der Waals surface area contributed by atoms with E-state index in [4.69, 9.17) is 4.42 Å². The van der Waals surface area contributed by atoms with Gasteiger partial charge < -0.3 is 19.1 Å². The van der Waals surface area contributed by atoms with E-state index in [9.17, 15) is 0 Å². The van der Waals surface area contributed by atoms with Crippen molar-refractivity contribution in [2.75, 3.05) is 14.7 Å². The zero-order valence-electron chi connectivity index (χ0n) is 55.9. The number of hydrogen-bond donors (Lipinski definition) is 0. The number of nitrogens with zero attached hydrogens (tertiary/aromatic N) is 3. The van der Waals surface area contributed by atoms with Crippen LogP contribution < -0.4 is 40.8 Å². The first-order valence-electron chi connectivity index (χ1n) is 34.0. The van der Waals surface area contributed by atoms with Crippen molar-refractivity contribution in [2.45, 2.75) is 149 Å². The number of benzene rings is 10. The van der Waals surface area contributed by atoms with Gasteiger partial charge >= 0.3 is 0 Å². The van der Waals surface area contributed by atoms with Crippen LogP contribution in [-0.4, -0.2) is 14.8 Å². The fourth-order valence-corrected chi connectivity index (χ4v) is 23.6. The summed E-state index contributed by atoms with van der Waals surface area (Å²) in [5.74, 6) is 0.992. The van der Waals surface area contributed by atoms with Gasteiger partial charge in [-0.25, -0.2) is 0 Å². The number of anilines is 9. The van der Waals surface area contributed by atoms with E-state index in [1.807, 2.05) is 11.3 Å². The summed E-state index contributed by atoms with van der Waals surface area (Å²) in [5.41, 5.74) is 23.4. The summed E-state index contributed by atoms with van der Waals surface area (Å²) in [6.07, 6.45) is 6.42. The van der Waals surface area contributed by atoms with Gasteiger partial charge in [0, 0.05) is 65.3 Å². The summed E-state index contributed by atoms with van der Waals surface area (Å²) in [5, 5.41) is 6.53. The molecule has 460 valence electrons. The molecule has 0 N–H and O–H groups in total. The molecular formula is C85H86BN3OSSi. The fourth-order valence-electron chi connectivity index (χ4n) is 16.5. The molecule has 2 aromatic heterocycles. The van der Waals surface area contributed by atoms with Gasteiger partial charge in [-0.05, 0) is 169 Å². The molecule has 1 saturated carbocycles. The number of fused-ring (bicyclic) bond motifs is 9. The Kier molecular flexibility index (Phi) is 15.0. The van der Waals surface area contributed by atoms with Crippen LogP contribution in [0, 0.1) is 0 Å². The number of thiophene rings is 1. The van der Waals surface area contributed by atoms with Crippen LogP contribution in [0.25, 0.3) is 43.2 Å². The van der Waals surface area contributed by atoms with Gasteiger partial charge in [-0.1, -0.05) is 247 Å². The Balaban J connectivity index is 1.09. The molecular weight excluding hydrogens is 1150 g/mol. The van der Waals surface area contributed by atoms with Gasteiger partial charge in [0.2, 0.25) is 0 Å². The molecule has 0 spiro atoms. The van der Waals surface area contributed by atoms with Crippen LogP contribution in [0.2, 0.25) is 11.1 Å². The van der Waals surface area contributed by atoms with Gasteiger partial charge in [0.05, 0.1) is 17.1 Å². The lowest BCUT2D eigenvalue weighted by atomic mass is 9.36. The van der Waals surface area contributed by atoms with Gasteiger partial charge in [0.25, 0.3) is 6.71 Å². The Morgan fingerprint density at radius 3 is 1.84 bits per heavy atom. The minimum Gasteiger partial charge on any atom is -0.454 e. The second-order valence-electron chi connectivity index (χ2n) is 29.7. The highest BCUT2D eigenvalue weighted by molar-refractivity contribution is 7.33. The lowest BCUT2D eigenvalue weighted by molar-refractivity contribution is 0.444. The molecule has 0 bridgehead atoms. The summed E-state index contributed by atoms with van der Waals surface area (Å²) in [6, 6.07) is 84.9. The lowest BCUT2D eigenvalue weighted by Gasteiger charge is -2.46. The number of hydrogen-bond acceptors (Lipinski definition) is 5. The van der Waals surface area contributed by atoms with Crippen molar-refractivity contribution in [2.24, 2.45) is 0 Å². The second kappa shape index (κ2) is 23.0. The highest BCUT2D eigenvalue weighted by Gasteiger charge is 2.50. The molecule has 0 amide bonds. The van der Waals surface area contributed by atoms with Crippen LogP contribution in [0.3, 0.4) is 0 Å². The van der Waals surface area contributed by atoms with E-state index in [0.29, 0.717) is 22.9 Å². The average molecular weight is 1240 g/mol. The fraction of sp³-hybridized carbons (Fsp3) is 0.271. The van der Waals surface area contributed by atoms with Crippen molar-refractivity contribution in [3.05, 3.63) is 241 Å². The zero-order valence-corrected chi connectivity index (χ0v) is 57.7. The van der Waals surface area contributed by atoms with Crippen LogP contribution in [0.5, 0.6) is 0 Å². The van der Waals surface area contributed by atoms with Gasteiger partial charge in [0.1, 0.15) is 13.7 Å². The Bertz CT molecular complexity index is 4740. The molecule has 12 aromatic rings. The van der Waals surface area contributed by atoms with Crippen LogP contribution >= 0.6 is 11.3 Å². The van der Waals surface area contributed by atoms with Crippen molar-refractivity contribution in [3.63, 3.8) is 0 Å². The van der Waals surface area contributed by atoms with Gasteiger partial charge in [-0.15, -0.1) is 11.3 Å². The summed E-state index contributed by atoms with van der Waals surface area (Å²) in [7, 11) is -2.75. The normalized spacial score (nSPS) is 14.5. The molecule has 1 fully saturated rings. The molecule has 4 nitrogen and oxygen atoms in total. The highest BCUT2D eigenvalue weighted by Crippen LogP contribution is 2.53. The Morgan fingerprint density at radius 2 is 1.15 bits per heavy atom. The van der Waals surface area contributed by atoms with Crippen LogP contribution in [-0.2, 0) is 10.8 Å². The Morgan fingerprint density at radius 1 is 0.522 bits per heavy atom. The van der Waals surface area contributed by atoms with Crippen LogP contribution in [0.1, 0.15) is 149 Å². The first-order valence-corrected chi connectivity index (χ1v) is 37.0. The minimum absolute atomic E-state index is 0.0135. The Hall–Kier alpha value is -8.36. The van der Waals surface area contributed by atoms with Crippen molar-refractivity contribution < 1.29 is 4.42 Å². The van der Waals surface area contributed by atoms with E-state index in [1.54, 1.807) is 0 Å². The maximum atomic E-state index is 7.29. The van der Waals surface area contributed by atoms with Crippen molar-refractivity contribution in [3.8, 4) is 11.1 Å². The van der Waals surface area contributed by atoms with E-state index in [-0.39, 0.29) is 17.5 Å². The van der Waals surface area contributed by atoms with Crippen molar-refractivity contribution in [1.82, 2.24) is 0 Å². The van der Waals surface area contributed by atoms with Crippen LogP contribution in [0.4, 0.5) is 51.2 Å². The van der Waals surface area contributed by atoms with Gasteiger partial charge in [-0.3, -0.25) is 0 Å². The van der Waals surface area contributed by atoms with E-state index < -0.39 is 8.07 Å². The topological polar surface area (TPSA) is 22.9 Å². The lowest BCUT2D eigenvalue weighted by Crippen LogP contribution is -2.65. The maximum absolute atomic E-state index is 7.29. The van der Waals surface area contributed by atoms with E-state index >= 15 is 0 Å². The monoisotopic (exact) mass is 1240 g/mol. The number of rotatable bonds is 12. The third-order valence-corrected chi connectivity index (χ3v) is 28.6. The summed E-state index contributed by atoms with van der Waals surface area (Å²) in [4.78, 5) is 7.92. The molecule has 7 heteroatoms. The Labute approximate surface area is 551 Å². The van der Waals surface area contributed by atoms with Gasteiger partial charge in [0.15, 0.2) is 5.58 Å². The molecule has 92 heavy (non-hydrogen) atoms. The first kappa shape index (κ1) is 59.9. The quantitative estimate of drug-likeness (QED) is 0.114. The van der Waals surface area contributed by atoms with Gasteiger partial charge in [-0.2, -0.15) is 0 Å². The predicted octanol–water partition coefficient (Wildman–Crippen LogP) is 22.2. The molecule has 0 atom stereocenters. The van der Waals surface area contributed by atoms with E-state index in [1.165, 1.54) is 124 Å². The molecule has 0 unspecified atom stereocenters. The smallest absolute Gasteiger partial charge is 0.264 e. The summed E-state index contributed by atoms with van der Waals surface area (Å²) < 4.78 is 10.0.